The number of ether oxygens (including phenoxy) is 1. The zero-order valence-corrected chi connectivity index (χ0v) is 12.7. The Balaban J connectivity index is 1.96. The molecule has 1 amide bonds. The first-order valence-corrected chi connectivity index (χ1v) is 7.13. The first-order valence-electron chi connectivity index (χ1n) is 6.75. The third-order valence-electron chi connectivity index (χ3n) is 3.30. The molecule has 4 nitrogen and oxygen atoms in total. The molecule has 0 aliphatic heterocycles. The SMILES string of the molecule is COCc1c(C(=O)Nc2ccc(Cl)cc2)oc2ccccc12. The quantitative estimate of drug-likeness (QED) is 0.772. The van der Waals surface area contributed by atoms with Gasteiger partial charge in [-0.3, -0.25) is 4.79 Å². The first-order chi connectivity index (χ1) is 10.7. The van der Waals surface area contributed by atoms with Crippen molar-refractivity contribution in [1.82, 2.24) is 0 Å². The summed E-state index contributed by atoms with van der Waals surface area (Å²) < 4.78 is 10.9. The van der Waals surface area contributed by atoms with Gasteiger partial charge in [-0.2, -0.15) is 0 Å². The summed E-state index contributed by atoms with van der Waals surface area (Å²) >= 11 is 5.84. The predicted octanol–water partition coefficient (Wildman–Crippen LogP) is 4.48. The summed E-state index contributed by atoms with van der Waals surface area (Å²) in [7, 11) is 1.59. The Morgan fingerprint density at radius 2 is 1.91 bits per heavy atom. The highest BCUT2D eigenvalue weighted by Crippen LogP contribution is 2.27. The van der Waals surface area contributed by atoms with Gasteiger partial charge in [-0.05, 0) is 30.3 Å². The molecule has 0 fully saturated rings. The standard InChI is InChI=1S/C17H14ClNO3/c1-21-10-14-13-4-2-3-5-15(13)22-16(14)17(20)19-12-8-6-11(18)7-9-12/h2-9H,10H2,1H3,(H,19,20). The van der Waals surface area contributed by atoms with E-state index in [4.69, 9.17) is 20.8 Å². The van der Waals surface area contributed by atoms with Crippen LogP contribution in [0.3, 0.4) is 0 Å². The van der Waals surface area contributed by atoms with E-state index in [1.54, 1.807) is 31.4 Å². The van der Waals surface area contributed by atoms with Crippen molar-refractivity contribution < 1.29 is 13.9 Å². The number of hydrogen-bond donors (Lipinski definition) is 1. The van der Waals surface area contributed by atoms with Crippen LogP contribution in [0.2, 0.25) is 5.02 Å². The van der Waals surface area contributed by atoms with Crippen LogP contribution >= 0.6 is 11.6 Å². The second kappa shape index (κ2) is 6.22. The van der Waals surface area contributed by atoms with Crippen LogP contribution in [-0.2, 0) is 11.3 Å². The molecule has 0 bridgehead atoms. The molecule has 1 aromatic heterocycles. The van der Waals surface area contributed by atoms with Crippen molar-refractivity contribution >= 4 is 34.2 Å². The van der Waals surface area contributed by atoms with Crippen molar-refractivity contribution in [3.05, 3.63) is 64.9 Å². The maximum Gasteiger partial charge on any atom is 0.291 e. The molecule has 1 N–H and O–H groups in total. The molecule has 0 unspecified atom stereocenters. The highest BCUT2D eigenvalue weighted by Gasteiger charge is 2.20. The van der Waals surface area contributed by atoms with Crippen LogP contribution < -0.4 is 5.32 Å². The maximum absolute atomic E-state index is 12.5. The van der Waals surface area contributed by atoms with Crippen molar-refractivity contribution in [2.24, 2.45) is 0 Å². The first kappa shape index (κ1) is 14.6. The van der Waals surface area contributed by atoms with E-state index < -0.39 is 0 Å². The largest absolute Gasteiger partial charge is 0.451 e. The molecule has 0 aliphatic rings. The molecule has 0 atom stereocenters. The van der Waals surface area contributed by atoms with Crippen LogP contribution in [-0.4, -0.2) is 13.0 Å². The maximum atomic E-state index is 12.5. The van der Waals surface area contributed by atoms with Crippen LogP contribution in [0.15, 0.2) is 52.9 Å². The minimum atomic E-state index is -0.314. The Kier molecular flexibility index (Phi) is 4.13. The van der Waals surface area contributed by atoms with E-state index >= 15 is 0 Å². The van der Waals surface area contributed by atoms with Gasteiger partial charge in [-0.1, -0.05) is 29.8 Å². The minimum absolute atomic E-state index is 0.262. The number of carbonyl (C=O) groups is 1. The van der Waals surface area contributed by atoms with E-state index in [0.717, 1.165) is 10.9 Å². The normalized spacial score (nSPS) is 10.8. The molecule has 5 heteroatoms. The second-order valence-corrected chi connectivity index (χ2v) is 5.24. The summed E-state index contributed by atoms with van der Waals surface area (Å²) in [4.78, 5) is 12.5. The lowest BCUT2D eigenvalue weighted by atomic mass is 10.1. The molecule has 3 rings (SSSR count). The molecule has 1 heterocycles. The monoisotopic (exact) mass is 315 g/mol. The molecule has 112 valence electrons. The summed E-state index contributed by atoms with van der Waals surface area (Å²) in [6, 6.07) is 14.4. The topological polar surface area (TPSA) is 51.5 Å². The van der Waals surface area contributed by atoms with Crippen molar-refractivity contribution in [2.75, 3.05) is 12.4 Å². The van der Waals surface area contributed by atoms with Gasteiger partial charge in [0.2, 0.25) is 0 Å². The predicted molar refractivity (Wildman–Crippen MR) is 86.3 cm³/mol. The molecule has 0 radical (unpaired) electrons. The van der Waals surface area contributed by atoms with E-state index in [9.17, 15) is 4.79 Å². The number of carbonyl (C=O) groups excluding carboxylic acids is 1. The fourth-order valence-electron chi connectivity index (χ4n) is 2.29. The summed E-state index contributed by atoms with van der Waals surface area (Å²) in [5.74, 6) is -0.0522. The lowest BCUT2D eigenvalue weighted by Crippen LogP contribution is -2.13. The fourth-order valence-corrected chi connectivity index (χ4v) is 2.42. The van der Waals surface area contributed by atoms with Crippen molar-refractivity contribution in [3.8, 4) is 0 Å². The molecule has 0 aliphatic carbocycles. The van der Waals surface area contributed by atoms with Gasteiger partial charge in [0.1, 0.15) is 5.58 Å². The third kappa shape index (κ3) is 2.84. The number of furan rings is 1. The number of rotatable bonds is 4. The number of amides is 1. The molecular formula is C17H14ClNO3. The van der Waals surface area contributed by atoms with Crippen LogP contribution in [0.1, 0.15) is 16.1 Å². The Hall–Kier alpha value is -2.30. The smallest absolute Gasteiger partial charge is 0.291 e. The number of fused-ring (bicyclic) bond motifs is 1. The Morgan fingerprint density at radius 1 is 1.18 bits per heavy atom. The van der Waals surface area contributed by atoms with Crippen LogP contribution in [0.4, 0.5) is 5.69 Å². The lowest BCUT2D eigenvalue weighted by molar-refractivity contribution is 0.0992. The lowest BCUT2D eigenvalue weighted by Gasteiger charge is -2.05. The number of halogens is 1. The molecular weight excluding hydrogens is 302 g/mol. The Labute approximate surface area is 132 Å². The highest BCUT2D eigenvalue weighted by molar-refractivity contribution is 6.30. The number of methoxy groups -OCH3 is 1. The summed E-state index contributed by atoms with van der Waals surface area (Å²) in [6.07, 6.45) is 0. The molecule has 22 heavy (non-hydrogen) atoms. The average molecular weight is 316 g/mol. The minimum Gasteiger partial charge on any atom is -0.451 e. The summed E-state index contributed by atoms with van der Waals surface area (Å²) in [5.41, 5.74) is 2.05. The second-order valence-electron chi connectivity index (χ2n) is 4.80. The summed E-state index contributed by atoms with van der Waals surface area (Å²) in [6.45, 7) is 0.306. The molecule has 0 saturated carbocycles. The van der Waals surface area contributed by atoms with Gasteiger partial charge in [0.15, 0.2) is 5.76 Å². The van der Waals surface area contributed by atoms with Gasteiger partial charge >= 0.3 is 0 Å². The number of benzene rings is 2. The van der Waals surface area contributed by atoms with E-state index in [1.165, 1.54) is 0 Å². The van der Waals surface area contributed by atoms with Gasteiger partial charge in [0.25, 0.3) is 5.91 Å². The van der Waals surface area contributed by atoms with E-state index in [2.05, 4.69) is 5.32 Å². The number of hydrogen-bond acceptors (Lipinski definition) is 3. The zero-order valence-electron chi connectivity index (χ0n) is 11.9. The van der Waals surface area contributed by atoms with Gasteiger partial charge in [0.05, 0.1) is 6.61 Å². The number of nitrogens with one attached hydrogen (secondary N) is 1. The molecule has 3 aromatic rings. The van der Waals surface area contributed by atoms with Crippen molar-refractivity contribution in [1.29, 1.82) is 0 Å². The molecule has 0 saturated heterocycles. The Morgan fingerprint density at radius 3 is 2.64 bits per heavy atom. The van der Waals surface area contributed by atoms with Crippen molar-refractivity contribution in [3.63, 3.8) is 0 Å². The molecule has 2 aromatic carbocycles. The average Bonchev–Trinajstić information content (AvgIpc) is 2.89. The fraction of sp³-hybridized carbons (Fsp3) is 0.118. The number of anilines is 1. The van der Waals surface area contributed by atoms with Crippen LogP contribution in [0.25, 0.3) is 11.0 Å². The van der Waals surface area contributed by atoms with Gasteiger partial charge in [-0.15, -0.1) is 0 Å². The van der Waals surface area contributed by atoms with E-state index in [-0.39, 0.29) is 11.7 Å². The third-order valence-corrected chi connectivity index (χ3v) is 3.55. The highest BCUT2D eigenvalue weighted by atomic mass is 35.5. The van der Waals surface area contributed by atoms with Gasteiger partial charge in [-0.25, -0.2) is 0 Å². The van der Waals surface area contributed by atoms with Crippen molar-refractivity contribution in [2.45, 2.75) is 6.61 Å². The summed E-state index contributed by atoms with van der Waals surface area (Å²) in [5, 5.41) is 4.29. The number of para-hydroxylation sites is 1. The molecule has 0 spiro atoms. The van der Waals surface area contributed by atoms with Gasteiger partial charge < -0.3 is 14.5 Å². The van der Waals surface area contributed by atoms with E-state index in [1.807, 2.05) is 24.3 Å². The van der Waals surface area contributed by atoms with Crippen LogP contribution in [0, 0.1) is 0 Å². The zero-order chi connectivity index (χ0) is 15.5. The van der Waals surface area contributed by atoms with Gasteiger partial charge in [0, 0.05) is 28.8 Å². The van der Waals surface area contributed by atoms with Crippen LogP contribution in [0.5, 0.6) is 0 Å². The Bertz CT molecular complexity index is 808. The van der Waals surface area contributed by atoms with E-state index in [0.29, 0.717) is 22.9 Å².